The maximum absolute atomic E-state index is 11.5. The summed E-state index contributed by atoms with van der Waals surface area (Å²) >= 11 is 0. The number of carboxylic acids is 1. The first-order chi connectivity index (χ1) is 9.92. The molecule has 0 radical (unpaired) electrons. The topological polar surface area (TPSA) is 55.8 Å². The van der Waals surface area contributed by atoms with E-state index in [1.54, 1.807) is 0 Å². The van der Waals surface area contributed by atoms with Gasteiger partial charge in [-0.2, -0.15) is 0 Å². The van der Waals surface area contributed by atoms with Crippen molar-refractivity contribution in [1.29, 1.82) is 0 Å². The van der Waals surface area contributed by atoms with Gasteiger partial charge in [0.05, 0.1) is 0 Å². The average Bonchev–Trinajstić information content (AvgIpc) is 2.45. The molecule has 5 nitrogen and oxygen atoms in total. The molecule has 1 aliphatic rings. The molecule has 21 heavy (non-hydrogen) atoms. The van der Waals surface area contributed by atoms with Crippen LogP contribution in [0.3, 0.4) is 0 Å². The van der Waals surface area contributed by atoms with Crippen LogP contribution in [0.5, 0.6) is 0 Å². The first-order valence-corrected chi connectivity index (χ1v) is 8.37. The summed E-state index contributed by atoms with van der Waals surface area (Å²) in [5, 5.41) is 12.6. The van der Waals surface area contributed by atoms with E-state index in [2.05, 4.69) is 35.9 Å². The van der Waals surface area contributed by atoms with E-state index in [-0.39, 0.29) is 0 Å². The van der Waals surface area contributed by atoms with Gasteiger partial charge in [0.1, 0.15) is 5.54 Å². The number of hydrogen-bond donors (Lipinski definition) is 2. The highest BCUT2D eigenvalue weighted by atomic mass is 16.4. The van der Waals surface area contributed by atoms with Crippen LogP contribution in [0.1, 0.15) is 47.0 Å². The van der Waals surface area contributed by atoms with Crippen molar-refractivity contribution in [3.05, 3.63) is 0 Å². The molecule has 0 bridgehead atoms. The van der Waals surface area contributed by atoms with Crippen molar-refractivity contribution in [2.45, 2.75) is 58.5 Å². The Morgan fingerprint density at radius 1 is 1.38 bits per heavy atom. The Labute approximate surface area is 129 Å². The second-order valence-electron chi connectivity index (χ2n) is 6.45. The fourth-order valence-corrected chi connectivity index (χ4v) is 3.07. The van der Waals surface area contributed by atoms with Crippen LogP contribution >= 0.6 is 0 Å². The largest absolute Gasteiger partial charge is 0.480 e. The quantitative estimate of drug-likeness (QED) is 0.678. The van der Waals surface area contributed by atoms with E-state index in [9.17, 15) is 9.90 Å². The molecular formula is C16H33N3O2. The van der Waals surface area contributed by atoms with Crippen molar-refractivity contribution < 1.29 is 9.90 Å². The number of piperazine rings is 1. The summed E-state index contributed by atoms with van der Waals surface area (Å²) in [4.78, 5) is 16.4. The molecule has 5 heteroatoms. The third-order valence-electron chi connectivity index (χ3n) is 4.64. The highest BCUT2D eigenvalue weighted by Crippen LogP contribution is 2.15. The minimum absolute atomic E-state index is 0.604. The van der Waals surface area contributed by atoms with Crippen LogP contribution in [0, 0.1) is 0 Å². The van der Waals surface area contributed by atoms with E-state index in [4.69, 9.17) is 0 Å². The van der Waals surface area contributed by atoms with Crippen molar-refractivity contribution in [3.8, 4) is 0 Å². The van der Waals surface area contributed by atoms with E-state index in [0.717, 1.165) is 52.1 Å². The molecule has 0 aromatic heterocycles. The monoisotopic (exact) mass is 299 g/mol. The number of nitrogens with zero attached hydrogens (tertiary/aromatic N) is 2. The van der Waals surface area contributed by atoms with Crippen molar-refractivity contribution in [2.75, 3.05) is 39.3 Å². The van der Waals surface area contributed by atoms with Gasteiger partial charge in [0, 0.05) is 25.7 Å². The number of carboxylic acid groups (broad SMARTS) is 1. The SMILES string of the molecule is CCCNC(C)(CCCN1CCN(CC)C(C)C1)C(=O)O. The van der Waals surface area contributed by atoms with Crippen molar-refractivity contribution in [3.63, 3.8) is 0 Å². The lowest BCUT2D eigenvalue weighted by Gasteiger charge is -2.39. The standard InChI is InChI=1S/C16H33N3O2/c1-5-9-17-16(4,15(20)21)8-7-10-18-11-12-19(6-2)14(3)13-18/h14,17H,5-13H2,1-4H3,(H,20,21). The van der Waals surface area contributed by atoms with E-state index in [1.165, 1.54) is 0 Å². The number of likely N-dealkylation sites (N-methyl/N-ethyl adjacent to an activating group) is 1. The minimum atomic E-state index is -0.785. The van der Waals surface area contributed by atoms with E-state index >= 15 is 0 Å². The lowest BCUT2D eigenvalue weighted by molar-refractivity contribution is -0.144. The predicted molar refractivity (Wildman–Crippen MR) is 86.7 cm³/mol. The molecule has 1 heterocycles. The van der Waals surface area contributed by atoms with Crippen molar-refractivity contribution >= 4 is 5.97 Å². The molecule has 0 saturated carbocycles. The molecule has 0 aliphatic carbocycles. The molecule has 0 aromatic rings. The summed E-state index contributed by atoms with van der Waals surface area (Å²) in [6, 6.07) is 0.604. The number of rotatable bonds is 9. The van der Waals surface area contributed by atoms with E-state index in [1.807, 2.05) is 6.92 Å². The molecule has 1 saturated heterocycles. The Bertz CT molecular complexity index is 325. The van der Waals surface area contributed by atoms with Gasteiger partial charge in [-0.25, -0.2) is 0 Å². The van der Waals surface area contributed by atoms with Gasteiger partial charge in [-0.15, -0.1) is 0 Å². The lowest BCUT2D eigenvalue weighted by atomic mass is 9.95. The maximum Gasteiger partial charge on any atom is 0.323 e. The normalized spacial score (nSPS) is 23.9. The van der Waals surface area contributed by atoms with Gasteiger partial charge in [-0.1, -0.05) is 13.8 Å². The summed E-state index contributed by atoms with van der Waals surface area (Å²) in [5.74, 6) is -0.736. The lowest BCUT2D eigenvalue weighted by Crippen LogP contribution is -2.53. The molecule has 0 aromatic carbocycles. The van der Waals surface area contributed by atoms with Gasteiger partial charge >= 0.3 is 5.97 Å². The van der Waals surface area contributed by atoms with E-state index in [0.29, 0.717) is 12.5 Å². The van der Waals surface area contributed by atoms with Gasteiger partial charge in [-0.05, 0) is 52.7 Å². The molecular weight excluding hydrogens is 266 g/mol. The molecule has 0 amide bonds. The van der Waals surface area contributed by atoms with Gasteiger partial charge < -0.3 is 15.3 Å². The van der Waals surface area contributed by atoms with Crippen LogP contribution in [0.2, 0.25) is 0 Å². The molecule has 1 fully saturated rings. The Kier molecular flexibility index (Phi) is 7.63. The van der Waals surface area contributed by atoms with E-state index < -0.39 is 11.5 Å². The number of hydrogen-bond acceptors (Lipinski definition) is 4. The minimum Gasteiger partial charge on any atom is -0.480 e. The second kappa shape index (κ2) is 8.71. The zero-order valence-electron chi connectivity index (χ0n) is 14.2. The summed E-state index contributed by atoms with van der Waals surface area (Å²) < 4.78 is 0. The highest BCUT2D eigenvalue weighted by molar-refractivity contribution is 5.78. The van der Waals surface area contributed by atoms with Gasteiger partial charge in [0.15, 0.2) is 0 Å². The predicted octanol–water partition coefficient (Wildman–Crippen LogP) is 1.64. The summed E-state index contributed by atoms with van der Waals surface area (Å²) in [7, 11) is 0. The van der Waals surface area contributed by atoms with Crippen LogP contribution in [0.4, 0.5) is 0 Å². The molecule has 124 valence electrons. The fourth-order valence-electron chi connectivity index (χ4n) is 3.07. The third-order valence-corrected chi connectivity index (χ3v) is 4.64. The summed E-state index contributed by atoms with van der Waals surface area (Å²) in [6.07, 6.45) is 2.57. The Hall–Kier alpha value is -0.650. The zero-order chi connectivity index (χ0) is 15.9. The highest BCUT2D eigenvalue weighted by Gasteiger charge is 2.32. The van der Waals surface area contributed by atoms with Gasteiger partial charge in [0.2, 0.25) is 0 Å². The Balaban J connectivity index is 2.36. The van der Waals surface area contributed by atoms with Crippen LogP contribution in [-0.2, 0) is 4.79 Å². The Morgan fingerprint density at radius 3 is 2.62 bits per heavy atom. The van der Waals surface area contributed by atoms with Crippen LogP contribution in [-0.4, -0.2) is 71.7 Å². The van der Waals surface area contributed by atoms with Crippen molar-refractivity contribution in [2.24, 2.45) is 0 Å². The third kappa shape index (κ3) is 5.57. The molecule has 2 atom stereocenters. The molecule has 1 aliphatic heterocycles. The molecule has 1 rings (SSSR count). The molecule has 2 N–H and O–H groups in total. The van der Waals surface area contributed by atoms with Gasteiger partial charge in [0.25, 0.3) is 0 Å². The maximum atomic E-state index is 11.5. The molecule has 0 spiro atoms. The summed E-state index contributed by atoms with van der Waals surface area (Å²) in [5.41, 5.74) is -0.785. The fraction of sp³-hybridized carbons (Fsp3) is 0.938. The van der Waals surface area contributed by atoms with Crippen LogP contribution in [0.25, 0.3) is 0 Å². The number of carbonyl (C=O) groups is 1. The number of aliphatic carboxylic acids is 1. The average molecular weight is 299 g/mol. The first kappa shape index (κ1) is 18.4. The molecule has 2 unspecified atom stereocenters. The van der Waals surface area contributed by atoms with Crippen LogP contribution in [0.15, 0.2) is 0 Å². The van der Waals surface area contributed by atoms with Crippen LogP contribution < -0.4 is 5.32 Å². The van der Waals surface area contributed by atoms with Crippen molar-refractivity contribution in [1.82, 2.24) is 15.1 Å². The Morgan fingerprint density at radius 2 is 2.10 bits per heavy atom. The second-order valence-corrected chi connectivity index (χ2v) is 6.45. The number of nitrogens with one attached hydrogen (secondary N) is 1. The first-order valence-electron chi connectivity index (χ1n) is 8.37. The summed E-state index contributed by atoms with van der Waals surface area (Å²) in [6.45, 7) is 14.6. The zero-order valence-corrected chi connectivity index (χ0v) is 14.2. The smallest absolute Gasteiger partial charge is 0.323 e. The van der Waals surface area contributed by atoms with Gasteiger partial charge in [-0.3, -0.25) is 9.69 Å².